The van der Waals surface area contributed by atoms with E-state index in [9.17, 15) is 4.79 Å². The lowest BCUT2D eigenvalue weighted by Crippen LogP contribution is -2.43. The summed E-state index contributed by atoms with van der Waals surface area (Å²) in [5, 5.41) is 3.50. The van der Waals surface area contributed by atoms with Crippen LogP contribution in [0.1, 0.15) is 33.6 Å². The zero-order valence-corrected chi connectivity index (χ0v) is 14.3. The molecule has 2 atom stereocenters. The summed E-state index contributed by atoms with van der Waals surface area (Å²) >= 11 is 0. The highest BCUT2D eigenvalue weighted by molar-refractivity contribution is 5.68. The van der Waals surface area contributed by atoms with E-state index in [2.05, 4.69) is 10.2 Å². The minimum atomic E-state index is -0.394. The van der Waals surface area contributed by atoms with Gasteiger partial charge >= 0.3 is 6.09 Å². The summed E-state index contributed by atoms with van der Waals surface area (Å²) in [6.07, 6.45) is 2.08. The predicted octanol–water partition coefficient (Wildman–Crippen LogP) is 1.78. The van der Waals surface area contributed by atoms with Crippen LogP contribution in [-0.4, -0.2) is 67.3 Å². The Balaban J connectivity index is 1.40. The third-order valence-corrected chi connectivity index (χ3v) is 5.25. The molecule has 3 heterocycles. The second-order valence-corrected chi connectivity index (χ2v) is 8.31. The van der Waals surface area contributed by atoms with Crippen LogP contribution in [-0.2, 0) is 4.74 Å². The molecule has 3 aliphatic heterocycles. The van der Waals surface area contributed by atoms with Crippen LogP contribution in [0.4, 0.5) is 4.79 Å². The van der Waals surface area contributed by atoms with E-state index in [4.69, 9.17) is 4.74 Å². The molecule has 1 N–H and O–H groups in total. The molecule has 0 saturated carbocycles. The summed E-state index contributed by atoms with van der Waals surface area (Å²) in [7, 11) is 0. The van der Waals surface area contributed by atoms with Gasteiger partial charge in [-0.25, -0.2) is 4.79 Å². The van der Waals surface area contributed by atoms with Gasteiger partial charge in [-0.1, -0.05) is 0 Å². The van der Waals surface area contributed by atoms with Gasteiger partial charge in [0.15, 0.2) is 0 Å². The van der Waals surface area contributed by atoms with E-state index in [1.807, 2.05) is 25.7 Å². The highest BCUT2D eigenvalue weighted by Gasteiger charge is 2.37. The van der Waals surface area contributed by atoms with Crippen molar-refractivity contribution in [3.8, 4) is 0 Å². The molecule has 5 nitrogen and oxygen atoms in total. The molecule has 22 heavy (non-hydrogen) atoms. The van der Waals surface area contributed by atoms with Crippen molar-refractivity contribution in [1.29, 1.82) is 0 Å². The minimum Gasteiger partial charge on any atom is -0.444 e. The van der Waals surface area contributed by atoms with E-state index in [1.54, 1.807) is 0 Å². The van der Waals surface area contributed by atoms with Crippen LogP contribution in [0.3, 0.4) is 0 Å². The van der Waals surface area contributed by atoms with E-state index < -0.39 is 5.60 Å². The molecule has 0 aromatic carbocycles. The summed E-state index contributed by atoms with van der Waals surface area (Å²) in [5.41, 5.74) is -0.394. The Labute approximate surface area is 134 Å². The second kappa shape index (κ2) is 6.36. The number of hydrogen-bond acceptors (Lipinski definition) is 4. The summed E-state index contributed by atoms with van der Waals surface area (Å²) in [6, 6.07) is 0. The molecule has 1 amide bonds. The Kier molecular flexibility index (Phi) is 4.64. The summed E-state index contributed by atoms with van der Waals surface area (Å²) in [4.78, 5) is 16.6. The van der Waals surface area contributed by atoms with Gasteiger partial charge in [0.05, 0.1) is 0 Å². The zero-order valence-electron chi connectivity index (χ0n) is 14.3. The van der Waals surface area contributed by atoms with Crippen molar-refractivity contribution in [1.82, 2.24) is 15.1 Å². The molecule has 3 saturated heterocycles. The Morgan fingerprint density at radius 1 is 1.14 bits per heavy atom. The molecule has 5 heteroatoms. The van der Waals surface area contributed by atoms with Crippen LogP contribution in [0.5, 0.6) is 0 Å². The summed E-state index contributed by atoms with van der Waals surface area (Å²) in [5.74, 6) is 2.49. The van der Waals surface area contributed by atoms with Gasteiger partial charge in [0.1, 0.15) is 5.60 Å². The molecule has 3 rings (SSSR count). The van der Waals surface area contributed by atoms with Crippen molar-refractivity contribution in [3.63, 3.8) is 0 Å². The Morgan fingerprint density at radius 2 is 1.73 bits per heavy atom. The third kappa shape index (κ3) is 3.93. The maximum absolute atomic E-state index is 12.1. The zero-order chi connectivity index (χ0) is 15.7. The number of carbonyl (C=O) groups is 1. The van der Waals surface area contributed by atoms with E-state index in [1.165, 1.54) is 32.7 Å². The standard InChI is InChI=1S/C17H31N3O2/c1-17(2,3)22-16(21)20-6-4-13(5-7-20)10-19-11-14-8-18-9-15(14)12-19/h13-15,18H,4-12H2,1-3H3. The van der Waals surface area contributed by atoms with Gasteiger partial charge in [-0.3, -0.25) is 0 Å². The number of fused-ring (bicyclic) bond motifs is 1. The van der Waals surface area contributed by atoms with Crippen molar-refractivity contribution in [2.45, 2.75) is 39.2 Å². The average Bonchev–Trinajstić information content (AvgIpc) is 2.98. The second-order valence-electron chi connectivity index (χ2n) is 8.31. The molecule has 0 spiro atoms. The molecule has 3 fully saturated rings. The molecule has 0 aromatic rings. The lowest BCUT2D eigenvalue weighted by atomic mass is 9.96. The number of amides is 1. The number of rotatable bonds is 2. The fourth-order valence-corrected chi connectivity index (χ4v) is 4.09. The molecule has 3 aliphatic rings. The number of nitrogens with zero attached hydrogens (tertiary/aromatic N) is 2. The number of piperidine rings is 1. The van der Waals surface area contributed by atoms with Crippen molar-refractivity contribution < 1.29 is 9.53 Å². The largest absolute Gasteiger partial charge is 0.444 e. The van der Waals surface area contributed by atoms with Crippen LogP contribution in [0.2, 0.25) is 0 Å². The lowest BCUT2D eigenvalue weighted by molar-refractivity contribution is 0.0172. The molecule has 2 unspecified atom stereocenters. The molecule has 0 aliphatic carbocycles. The van der Waals surface area contributed by atoms with E-state index in [-0.39, 0.29) is 6.09 Å². The number of hydrogen-bond donors (Lipinski definition) is 1. The smallest absolute Gasteiger partial charge is 0.410 e. The van der Waals surface area contributed by atoms with Crippen LogP contribution in [0.15, 0.2) is 0 Å². The van der Waals surface area contributed by atoms with Crippen molar-refractivity contribution >= 4 is 6.09 Å². The van der Waals surface area contributed by atoms with E-state index in [0.29, 0.717) is 0 Å². The van der Waals surface area contributed by atoms with Gasteiger partial charge in [0.25, 0.3) is 0 Å². The predicted molar refractivity (Wildman–Crippen MR) is 86.8 cm³/mol. The Bertz CT molecular complexity index is 387. The van der Waals surface area contributed by atoms with Crippen LogP contribution < -0.4 is 5.32 Å². The summed E-state index contributed by atoms with van der Waals surface area (Å²) < 4.78 is 5.47. The highest BCUT2D eigenvalue weighted by Crippen LogP contribution is 2.28. The first-order valence-corrected chi connectivity index (χ1v) is 8.82. The molecule has 126 valence electrons. The summed E-state index contributed by atoms with van der Waals surface area (Å²) in [6.45, 7) is 13.6. The molecular weight excluding hydrogens is 278 g/mol. The topological polar surface area (TPSA) is 44.8 Å². The van der Waals surface area contributed by atoms with Crippen molar-refractivity contribution in [2.75, 3.05) is 45.8 Å². The van der Waals surface area contributed by atoms with Gasteiger partial charge in [0.2, 0.25) is 0 Å². The fraction of sp³-hybridized carbons (Fsp3) is 0.941. The average molecular weight is 309 g/mol. The van der Waals surface area contributed by atoms with Crippen molar-refractivity contribution in [2.24, 2.45) is 17.8 Å². The highest BCUT2D eigenvalue weighted by atomic mass is 16.6. The Morgan fingerprint density at radius 3 is 2.27 bits per heavy atom. The van der Waals surface area contributed by atoms with Gasteiger partial charge in [-0.15, -0.1) is 0 Å². The number of likely N-dealkylation sites (tertiary alicyclic amines) is 2. The molecule has 0 aromatic heterocycles. The minimum absolute atomic E-state index is 0.146. The SMILES string of the molecule is CC(C)(C)OC(=O)N1CCC(CN2CC3CNCC3C2)CC1. The fourth-order valence-electron chi connectivity index (χ4n) is 4.09. The molecule has 0 bridgehead atoms. The first-order valence-electron chi connectivity index (χ1n) is 8.82. The van der Waals surface area contributed by atoms with Gasteiger partial charge < -0.3 is 19.9 Å². The maximum Gasteiger partial charge on any atom is 0.410 e. The van der Waals surface area contributed by atoms with Crippen LogP contribution >= 0.6 is 0 Å². The number of ether oxygens (including phenoxy) is 1. The number of carbonyl (C=O) groups excluding carboxylic acids is 1. The van der Waals surface area contributed by atoms with E-state index in [0.717, 1.165) is 43.7 Å². The van der Waals surface area contributed by atoms with Crippen LogP contribution in [0.25, 0.3) is 0 Å². The third-order valence-electron chi connectivity index (χ3n) is 5.25. The van der Waals surface area contributed by atoms with Crippen LogP contribution in [0, 0.1) is 17.8 Å². The molecule has 0 radical (unpaired) electrons. The Hall–Kier alpha value is -0.810. The quantitative estimate of drug-likeness (QED) is 0.844. The lowest BCUT2D eigenvalue weighted by Gasteiger charge is -2.35. The number of nitrogens with one attached hydrogen (secondary N) is 1. The molecular formula is C17H31N3O2. The van der Waals surface area contributed by atoms with E-state index >= 15 is 0 Å². The van der Waals surface area contributed by atoms with Crippen molar-refractivity contribution in [3.05, 3.63) is 0 Å². The first kappa shape index (κ1) is 16.1. The first-order chi connectivity index (χ1) is 10.4. The maximum atomic E-state index is 12.1. The van der Waals surface area contributed by atoms with Gasteiger partial charge in [0, 0.05) is 32.7 Å². The van der Waals surface area contributed by atoms with Gasteiger partial charge in [-0.2, -0.15) is 0 Å². The van der Waals surface area contributed by atoms with Gasteiger partial charge in [-0.05, 0) is 64.5 Å². The normalized spacial score (nSPS) is 30.6. The monoisotopic (exact) mass is 309 g/mol.